The largest absolute Gasteiger partial charge is 0.368 e. The molecule has 0 radical (unpaired) electrons. The molecule has 0 saturated carbocycles. The van der Waals surface area contributed by atoms with Gasteiger partial charge in [-0.05, 0) is 18.6 Å². The van der Waals surface area contributed by atoms with E-state index in [9.17, 15) is 0 Å². The van der Waals surface area contributed by atoms with Crippen molar-refractivity contribution in [2.45, 2.75) is 13.0 Å². The average molecular weight is 218 g/mol. The van der Waals surface area contributed by atoms with Gasteiger partial charge in [0.25, 0.3) is 0 Å². The molecule has 2 N–H and O–H groups in total. The van der Waals surface area contributed by atoms with Crippen molar-refractivity contribution in [3.8, 4) is 0 Å². The summed E-state index contributed by atoms with van der Waals surface area (Å²) in [4.78, 5) is 12.0. The fourth-order valence-electron chi connectivity index (χ4n) is 1.95. The van der Waals surface area contributed by atoms with Gasteiger partial charge >= 0.3 is 0 Å². The minimum Gasteiger partial charge on any atom is -0.368 e. The molecule has 1 aliphatic rings. The van der Waals surface area contributed by atoms with Crippen LogP contribution < -0.4 is 5.32 Å². The number of imidazole rings is 1. The van der Waals surface area contributed by atoms with E-state index in [2.05, 4.69) is 20.3 Å². The van der Waals surface area contributed by atoms with Crippen LogP contribution in [0.4, 0.5) is 0 Å². The number of aromatic nitrogens is 3. The number of nitrogens with zero attached hydrogens (tertiary/aromatic N) is 2. The minimum atomic E-state index is 0.0161. The lowest BCUT2D eigenvalue weighted by atomic mass is 10.3. The lowest BCUT2D eigenvalue weighted by Gasteiger charge is -2.21. The summed E-state index contributed by atoms with van der Waals surface area (Å²) >= 11 is 0. The first-order valence-corrected chi connectivity index (χ1v) is 5.48. The fourth-order valence-corrected chi connectivity index (χ4v) is 1.95. The SMILES string of the molecule is Cc1ccnc2nc(C3CNCCO3)[nH]c12. The van der Waals surface area contributed by atoms with Gasteiger partial charge in [0.2, 0.25) is 0 Å². The van der Waals surface area contributed by atoms with Crippen LogP contribution >= 0.6 is 0 Å². The molecule has 2 aromatic heterocycles. The highest BCUT2D eigenvalue weighted by atomic mass is 16.5. The van der Waals surface area contributed by atoms with E-state index in [0.717, 1.165) is 42.2 Å². The molecule has 0 aliphatic carbocycles. The summed E-state index contributed by atoms with van der Waals surface area (Å²) in [5.74, 6) is 0.865. The van der Waals surface area contributed by atoms with Crippen molar-refractivity contribution in [2.24, 2.45) is 0 Å². The Bertz CT molecular complexity index is 502. The maximum absolute atomic E-state index is 5.65. The van der Waals surface area contributed by atoms with Crippen molar-refractivity contribution in [3.63, 3.8) is 0 Å². The molecular weight excluding hydrogens is 204 g/mol. The minimum absolute atomic E-state index is 0.0161. The highest BCUT2D eigenvalue weighted by molar-refractivity contribution is 5.74. The van der Waals surface area contributed by atoms with E-state index in [1.54, 1.807) is 6.20 Å². The summed E-state index contributed by atoms with van der Waals surface area (Å²) in [6.07, 6.45) is 1.80. The number of hydrogen-bond donors (Lipinski definition) is 2. The van der Waals surface area contributed by atoms with Gasteiger partial charge in [0.05, 0.1) is 12.1 Å². The van der Waals surface area contributed by atoms with Crippen molar-refractivity contribution in [1.82, 2.24) is 20.3 Å². The Morgan fingerprint density at radius 2 is 2.44 bits per heavy atom. The monoisotopic (exact) mass is 218 g/mol. The molecule has 2 aromatic rings. The smallest absolute Gasteiger partial charge is 0.178 e. The average Bonchev–Trinajstić information content (AvgIpc) is 2.76. The summed E-state index contributed by atoms with van der Waals surface area (Å²) in [6, 6.07) is 1.98. The van der Waals surface area contributed by atoms with E-state index in [1.807, 2.05) is 13.0 Å². The Labute approximate surface area is 93.2 Å². The molecule has 5 nitrogen and oxygen atoms in total. The molecule has 1 fully saturated rings. The van der Waals surface area contributed by atoms with Crippen LogP contribution in [0.15, 0.2) is 12.3 Å². The highest BCUT2D eigenvalue weighted by Crippen LogP contribution is 2.20. The van der Waals surface area contributed by atoms with E-state index < -0.39 is 0 Å². The topological polar surface area (TPSA) is 62.8 Å². The second-order valence-electron chi connectivity index (χ2n) is 4.01. The zero-order chi connectivity index (χ0) is 11.0. The summed E-state index contributed by atoms with van der Waals surface area (Å²) in [5.41, 5.74) is 2.93. The van der Waals surface area contributed by atoms with E-state index in [-0.39, 0.29) is 6.10 Å². The maximum Gasteiger partial charge on any atom is 0.178 e. The number of aromatic amines is 1. The molecule has 1 atom stereocenters. The van der Waals surface area contributed by atoms with Crippen LogP contribution in [0.1, 0.15) is 17.5 Å². The molecular formula is C11H14N4O. The highest BCUT2D eigenvalue weighted by Gasteiger charge is 2.19. The third-order valence-corrected chi connectivity index (χ3v) is 2.85. The molecule has 5 heteroatoms. The Morgan fingerprint density at radius 1 is 1.50 bits per heavy atom. The number of pyridine rings is 1. The molecule has 1 aliphatic heterocycles. The molecule has 1 unspecified atom stereocenters. The van der Waals surface area contributed by atoms with Crippen LogP contribution in [0.5, 0.6) is 0 Å². The second-order valence-corrected chi connectivity index (χ2v) is 4.01. The number of rotatable bonds is 1. The molecule has 0 amide bonds. The Kier molecular flexibility index (Phi) is 2.34. The van der Waals surface area contributed by atoms with E-state index in [1.165, 1.54) is 0 Å². The Balaban J connectivity index is 2.01. The third-order valence-electron chi connectivity index (χ3n) is 2.85. The quantitative estimate of drug-likeness (QED) is 0.747. The first-order valence-electron chi connectivity index (χ1n) is 5.48. The van der Waals surface area contributed by atoms with Gasteiger partial charge in [0, 0.05) is 19.3 Å². The van der Waals surface area contributed by atoms with Crippen LogP contribution in [-0.4, -0.2) is 34.6 Å². The first-order chi connectivity index (χ1) is 7.84. The third kappa shape index (κ3) is 1.58. The first kappa shape index (κ1) is 9.74. The van der Waals surface area contributed by atoms with Crippen LogP contribution in [0.2, 0.25) is 0 Å². The zero-order valence-corrected chi connectivity index (χ0v) is 9.16. The van der Waals surface area contributed by atoms with Crippen LogP contribution in [0.3, 0.4) is 0 Å². The standard InChI is InChI=1S/C11H14N4O/c1-7-2-3-13-11-9(7)14-10(15-11)8-6-12-4-5-16-8/h2-3,8,12H,4-6H2,1H3,(H,13,14,15). The summed E-state index contributed by atoms with van der Waals surface area (Å²) < 4.78 is 5.65. The van der Waals surface area contributed by atoms with Gasteiger partial charge in [-0.3, -0.25) is 0 Å². The van der Waals surface area contributed by atoms with Gasteiger partial charge < -0.3 is 15.0 Å². The number of morpholine rings is 1. The van der Waals surface area contributed by atoms with Crippen molar-refractivity contribution in [2.75, 3.05) is 19.7 Å². The van der Waals surface area contributed by atoms with Gasteiger partial charge in [-0.2, -0.15) is 0 Å². The molecule has 0 bridgehead atoms. The second kappa shape index (κ2) is 3.84. The lowest BCUT2D eigenvalue weighted by Crippen LogP contribution is -2.33. The van der Waals surface area contributed by atoms with Crippen LogP contribution in [-0.2, 0) is 4.74 Å². The van der Waals surface area contributed by atoms with Gasteiger partial charge in [-0.1, -0.05) is 0 Å². The van der Waals surface area contributed by atoms with Crippen molar-refractivity contribution >= 4 is 11.2 Å². The molecule has 0 spiro atoms. The number of aryl methyl sites for hydroxylation is 1. The molecule has 3 rings (SSSR count). The maximum atomic E-state index is 5.65. The summed E-state index contributed by atoms with van der Waals surface area (Å²) in [7, 11) is 0. The van der Waals surface area contributed by atoms with Gasteiger partial charge in [0.15, 0.2) is 5.65 Å². The Morgan fingerprint density at radius 3 is 3.19 bits per heavy atom. The van der Waals surface area contributed by atoms with Gasteiger partial charge in [0.1, 0.15) is 11.9 Å². The van der Waals surface area contributed by atoms with Gasteiger partial charge in [-0.15, -0.1) is 0 Å². The molecule has 84 valence electrons. The van der Waals surface area contributed by atoms with E-state index in [4.69, 9.17) is 4.74 Å². The summed E-state index contributed by atoms with van der Waals surface area (Å²) in [6.45, 7) is 4.49. The fraction of sp³-hybridized carbons (Fsp3) is 0.455. The van der Waals surface area contributed by atoms with Crippen molar-refractivity contribution < 1.29 is 4.74 Å². The predicted octanol–water partition coefficient (Wildman–Crippen LogP) is 0.927. The summed E-state index contributed by atoms with van der Waals surface area (Å²) in [5, 5.41) is 3.29. The van der Waals surface area contributed by atoms with E-state index >= 15 is 0 Å². The predicted molar refractivity (Wildman–Crippen MR) is 60.2 cm³/mol. The Hall–Kier alpha value is -1.46. The molecule has 1 saturated heterocycles. The normalized spacial score (nSPS) is 21.4. The van der Waals surface area contributed by atoms with Crippen LogP contribution in [0.25, 0.3) is 11.2 Å². The van der Waals surface area contributed by atoms with Crippen LogP contribution in [0, 0.1) is 6.92 Å². The number of nitrogens with one attached hydrogen (secondary N) is 2. The number of fused-ring (bicyclic) bond motifs is 1. The molecule has 3 heterocycles. The molecule has 0 aromatic carbocycles. The zero-order valence-electron chi connectivity index (χ0n) is 9.16. The number of H-pyrrole nitrogens is 1. The van der Waals surface area contributed by atoms with Gasteiger partial charge in [-0.25, -0.2) is 9.97 Å². The van der Waals surface area contributed by atoms with Crippen molar-refractivity contribution in [1.29, 1.82) is 0 Å². The number of hydrogen-bond acceptors (Lipinski definition) is 4. The van der Waals surface area contributed by atoms with E-state index in [0.29, 0.717) is 0 Å². The lowest BCUT2D eigenvalue weighted by molar-refractivity contribution is 0.0228. The number of ether oxygens (including phenoxy) is 1. The van der Waals surface area contributed by atoms with Crippen molar-refractivity contribution in [3.05, 3.63) is 23.7 Å². The molecule has 16 heavy (non-hydrogen) atoms.